The van der Waals surface area contributed by atoms with Gasteiger partial charge in [-0.15, -0.1) is 0 Å². The molecule has 120 valence electrons. The monoisotopic (exact) mass is 309 g/mol. The fraction of sp³-hybridized carbons (Fsp3) is 0.250. The van der Waals surface area contributed by atoms with Gasteiger partial charge < -0.3 is 4.74 Å². The molecule has 3 nitrogen and oxygen atoms in total. The molecule has 0 N–H and O–H groups in total. The summed E-state index contributed by atoms with van der Waals surface area (Å²) in [7, 11) is 3.51. The average molecular weight is 309 g/mol. The highest BCUT2D eigenvalue weighted by Crippen LogP contribution is 2.11. The summed E-state index contributed by atoms with van der Waals surface area (Å²) < 4.78 is 4.71. The number of ether oxygens (including phenoxy) is 1. The van der Waals surface area contributed by atoms with Crippen LogP contribution in [0.5, 0.6) is 0 Å². The first kappa shape index (κ1) is 17.0. The molecule has 0 spiro atoms. The normalized spacial score (nSPS) is 11.6. The highest BCUT2D eigenvalue weighted by molar-refractivity contribution is 5.89. The third-order valence-corrected chi connectivity index (χ3v) is 3.56. The largest absolute Gasteiger partial charge is 0.465 e. The summed E-state index contributed by atoms with van der Waals surface area (Å²) in [6.07, 6.45) is 2.14. The van der Waals surface area contributed by atoms with Crippen molar-refractivity contribution in [3.05, 3.63) is 76.9 Å². The molecule has 23 heavy (non-hydrogen) atoms. The van der Waals surface area contributed by atoms with E-state index in [-0.39, 0.29) is 5.97 Å². The molecule has 0 fully saturated rings. The molecule has 2 aromatic rings. The van der Waals surface area contributed by atoms with Gasteiger partial charge in [0.25, 0.3) is 0 Å². The number of rotatable bonds is 6. The zero-order valence-corrected chi connectivity index (χ0v) is 14.0. The average Bonchev–Trinajstić information content (AvgIpc) is 2.55. The number of hydrogen-bond donors (Lipinski definition) is 0. The lowest BCUT2D eigenvalue weighted by molar-refractivity contribution is 0.0600. The zero-order valence-electron chi connectivity index (χ0n) is 14.0. The summed E-state index contributed by atoms with van der Waals surface area (Å²) >= 11 is 0. The number of carbonyl (C=O) groups excluding carboxylic acids is 1. The van der Waals surface area contributed by atoms with Gasteiger partial charge in [0.1, 0.15) is 0 Å². The number of likely N-dealkylation sites (N-methyl/N-ethyl adjacent to an activating group) is 1. The Morgan fingerprint density at radius 1 is 1.09 bits per heavy atom. The van der Waals surface area contributed by atoms with Gasteiger partial charge in [-0.25, -0.2) is 4.79 Å². The summed E-state index contributed by atoms with van der Waals surface area (Å²) in [6, 6.07) is 17.9. The second kappa shape index (κ2) is 8.30. The summed E-state index contributed by atoms with van der Waals surface area (Å²) in [5.41, 5.74) is 4.24. The quantitative estimate of drug-likeness (QED) is 0.755. The first-order valence-electron chi connectivity index (χ1n) is 7.66. The van der Waals surface area contributed by atoms with Gasteiger partial charge in [0, 0.05) is 13.1 Å². The molecule has 0 bridgehead atoms. The number of hydrogen-bond acceptors (Lipinski definition) is 3. The van der Waals surface area contributed by atoms with Crippen LogP contribution in [0.15, 0.2) is 60.2 Å². The van der Waals surface area contributed by atoms with Crippen LogP contribution >= 0.6 is 0 Å². The van der Waals surface area contributed by atoms with Crippen LogP contribution < -0.4 is 0 Å². The molecular weight excluding hydrogens is 286 g/mol. The molecule has 0 saturated heterocycles. The molecule has 2 aromatic carbocycles. The standard InChI is InChI=1S/C20H23NO2/c1-16(14-21(2)15-18-7-5-4-6-8-18)13-17-9-11-19(12-10-17)20(22)23-3/h4-13H,14-15H2,1-3H3/b16-13+. The Morgan fingerprint density at radius 2 is 1.74 bits per heavy atom. The van der Waals surface area contributed by atoms with Crippen molar-refractivity contribution in [2.24, 2.45) is 0 Å². The van der Waals surface area contributed by atoms with Crippen molar-refractivity contribution in [3.63, 3.8) is 0 Å². The van der Waals surface area contributed by atoms with Gasteiger partial charge in [0.15, 0.2) is 0 Å². The van der Waals surface area contributed by atoms with Crippen LogP contribution in [0, 0.1) is 0 Å². The Morgan fingerprint density at radius 3 is 2.35 bits per heavy atom. The highest BCUT2D eigenvalue weighted by atomic mass is 16.5. The minimum absolute atomic E-state index is 0.306. The van der Waals surface area contributed by atoms with Crippen LogP contribution in [-0.2, 0) is 11.3 Å². The first-order chi connectivity index (χ1) is 11.1. The lowest BCUT2D eigenvalue weighted by Crippen LogP contribution is -2.19. The Balaban J connectivity index is 1.95. The molecule has 0 aliphatic rings. The van der Waals surface area contributed by atoms with Crippen molar-refractivity contribution in [2.75, 3.05) is 20.7 Å². The maximum absolute atomic E-state index is 11.4. The first-order valence-corrected chi connectivity index (χ1v) is 7.66. The molecule has 0 aliphatic heterocycles. The molecular formula is C20H23NO2. The lowest BCUT2D eigenvalue weighted by Gasteiger charge is -2.17. The molecule has 3 heteroatoms. The second-order valence-electron chi connectivity index (χ2n) is 5.76. The third-order valence-electron chi connectivity index (χ3n) is 3.56. The third kappa shape index (κ3) is 5.38. The minimum atomic E-state index is -0.306. The molecule has 0 saturated carbocycles. The molecule has 0 unspecified atom stereocenters. The SMILES string of the molecule is COC(=O)c1ccc(/C=C(\C)CN(C)Cc2ccccc2)cc1. The predicted octanol–water partition coefficient (Wildman–Crippen LogP) is 4.01. The van der Waals surface area contributed by atoms with E-state index >= 15 is 0 Å². The van der Waals surface area contributed by atoms with Crippen molar-refractivity contribution in [1.29, 1.82) is 0 Å². The van der Waals surface area contributed by atoms with E-state index in [2.05, 4.69) is 49.2 Å². The van der Waals surface area contributed by atoms with E-state index in [1.165, 1.54) is 18.2 Å². The van der Waals surface area contributed by atoms with E-state index in [1.807, 2.05) is 18.2 Å². The van der Waals surface area contributed by atoms with Gasteiger partial charge >= 0.3 is 5.97 Å². The summed E-state index contributed by atoms with van der Waals surface area (Å²) in [6.45, 7) is 3.94. The Labute approximate surface area is 138 Å². The fourth-order valence-corrected chi connectivity index (χ4v) is 2.54. The van der Waals surface area contributed by atoms with Crippen LogP contribution in [0.1, 0.15) is 28.4 Å². The van der Waals surface area contributed by atoms with Gasteiger partial charge in [0.2, 0.25) is 0 Å². The van der Waals surface area contributed by atoms with Crippen molar-refractivity contribution in [1.82, 2.24) is 4.90 Å². The lowest BCUT2D eigenvalue weighted by atomic mass is 10.1. The number of carbonyl (C=O) groups is 1. The van der Waals surface area contributed by atoms with Crippen molar-refractivity contribution in [2.45, 2.75) is 13.5 Å². The van der Waals surface area contributed by atoms with Crippen LogP contribution in [0.25, 0.3) is 6.08 Å². The highest BCUT2D eigenvalue weighted by Gasteiger charge is 2.04. The molecule has 0 radical (unpaired) electrons. The summed E-state index contributed by atoms with van der Waals surface area (Å²) in [5, 5.41) is 0. The molecule has 0 amide bonds. The van der Waals surface area contributed by atoms with Gasteiger partial charge in [-0.05, 0) is 37.2 Å². The van der Waals surface area contributed by atoms with E-state index in [0.29, 0.717) is 5.56 Å². The van der Waals surface area contributed by atoms with E-state index in [4.69, 9.17) is 4.74 Å². The topological polar surface area (TPSA) is 29.5 Å². The van der Waals surface area contributed by atoms with Gasteiger partial charge in [-0.2, -0.15) is 0 Å². The fourth-order valence-electron chi connectivity index (χ4n) is 2.54. The van der Waals surface area contributed by atoms with Crippen LogP contribution in [0.4, 0.5) is 0 Å². The van der Waals surface area contributed by atoms with Crippen molar-refractivity contribution in [3.8, 4) is 0 Å². The molecule has 0 aromatic heterocycles. The minimum Gasteiger partial charge on any atom is -0.465 e. The zero-order chi connectivity index (χ0) is 16.7. The predicted molar refractivity (Wildman–Crippen MR) is 94.2 cm³/mol. The number of methoxy groups -OCH3 is 1. The van der Waals surface area contributed by atoms with Gasteiger partial charge in [-0.3, -0.25) is 4.90 Å². The molecule has 0 atom stereocenters. The van der Waals surface area contributed by atoms with Gasteiger partial charge in [-0.1, -0.05) is 54.1 Å². The molecule has 0 aliphatic carbocycles. The molecule has 2 rings (SSSR count). The maximum Gasteiger partial charge on any atom is 0.337 e. The van der Waals surface area contributed by atoms with E-state index in [0.717, 1.165) is 18.7 Å². The van der Waals surface area contributed by atoms with Gasteiger partial charge in [0.05, 0.1) is 12.7 Å². The summed E-state index contributed by atoms with van der Waals surface area (Å²) in [4.78, 5) is 13.7. The number of nitrogens with zero attached hydrogens (tertiary/aromatic N) is 1. The van der Waals surface area contributed by atoms with E-state index < -0.39 is 0 Å². The maximum atomic E-state index is 11.4. The Kier molecular flexibility index (Phi) is 6.12. The molecule has 0 heterocycles. The van der Waals surface area contributed by atoms with E-state index in [1.54, 1.807) is 12.1 Å². The Hall–Kier alpha value is -2.39. The smallest absolute Gasteiger partial charge is 0.337 e. The van der Waals surface area contributed by atoms with E-state index in [9.17, 15) is 4.79 Å². The number of benzene rings is 2. The Bertz CT molecular complexity index is 660. The van der Waals surface area contributed by atoms with Crippen molar-refractivity contribution >= 4 is 12.0 Å². The van der Waals surface area contributed by atoms with Crippen LogP contribution in [0.3, 0.4) is 0 Å². The number of esters is 1. The van der Waals surface area contributed by atoms with Crippen LogP contribution in [0.2, 0.25) is 0 Å². The second-order valence-corrected chi connectivity index (χ2v) is 5.76. The van der Waals surface area contributed by atoms with Crippen LogP contribution in [-0.4, -0.2) is 31.6 Å². The van der Waals surface area contributed by atoms with Crippen molar-refractivity contribution < 1.29 is 9.53 Å². The summed E-state index contributed by atoms with van der Waals surface area (Å²) in [5.74, 6) is -0.306.